The van der Waals surface area contributed by atoms with Crippen molar-refractivity contribution >= 4 is 40.9 Å². The zero-order valence-electron chi connectivity index (χ0n) is 18.8. The van der Waals surface area contributed by atoms with Crippen LogP contribution < -0.4 is 10.6 Å². The lowest BCUT2D eigenvalue weighted by atomic mass is 10.0. The lowest BCUT2D eigenvalue weighted by molar-refractivity contribution is -0.140. The maximum absolute atomic E-state index is 13.7. The van der Waals surface area contributed by atoms with Crippen LogP contribution in [-0.2, 0) is 16.0 Å². The molecule has 1 aromatic heterocycles. The molecule has 34 heavy (non-hydrogen) atoms. The number of pyridine rings is 1. The second-order valence-electron chi connectivity index (χ2n) is 8.90. The minimum absolute atomic E-state index is 0.103. The fourth-order valence-electron chi connectivity index (χ4n) is 4.70. The molecule has 180 valence electrons. The van der Waals surface area contributed by atoms with Gasteiger partial charge in [-0.25, -0.2) is 0 Å². The van der Waals surface area contributed by atoms with Gasteiger partial charge in [0.25, 0.3) is 5.91 Å². The second-order valence-corrected chi connectivity index (χ2v) is 9.71. The highest BCUT2D eigenvalue weighted by Gasteiger charge is 2.38. The summed E-state index contributed by atoms with van der Waals surface area (Å²) in [6, 6.07) is 7.02. The number of nitrogens with zero attached hydrogens (tertiary/aromatic N) is 2. The summed E-state index contributed by atoms with van der Waals surface area (Å²) >= 11 is 12.0. The lowest BCUT2D eigenvalue weighted by Gasteiger charge is -2.29. The maximum Gasteiger partial charge on any atom is 0.251 e. The van der Waals surface area contributed by atoms with Gasteiger partial charge in [0.05, 0.1) is 10.0 Å². The summed E-state index contributed by atoms with van der Waals surface area (Å²) in [7, 11) is 0. The van der Waals surface area contributed by atoms with Gasteiger partial charge >= 0.3 is 0 Å². The van der Waals surface area contributed by atoms with E-state index in [1.165, 1.54) is 6.07 Å². The van der Waals surface area contributed by atoms with Crippen LogP contribution in [0.5, 0.6) is 0 Å². The Hall–Kier alpha value is -2.64. The molecule has 0 radical (unpaired) electrons. The zero-order chi connectivity index (χ0) is 24.1. The first kappa shape index (κ1) is 24.5. The number of rotatable bonds is 7. The number of nitrogens with one attached hydrogen (secondary N) is 2. The van der Waals surface area contributed by atoms with Gasteiger partial charge in [-0.05, 0) is 55.5 Å². The summed E-state index contributed by atoms with van der Waals surface area (Å²) in [5, 5.41) is 6.56. The van der Waals surface area contributed by atoms with Crippen molar-refractivity contribution < 1.29 is 14.4 Å². The van der Waals surface area contributed by atoms with Crippen molar-refractivity contribution in [1.29, 1.82) is 0 Å². The van der Waals surface area contributed by atoms with Crippen molar-refractivity contribution in [3.8, 4) is 0 Å². The monoisotopic (exact) mass is 502 g/mol. The van der Waals surface area contributed by atoms with Crippen molar-refractivity contribution in [2.24, 2.45) is 0 Å². The smallest absolute Gasteiger partial charge is 0.251 e. The van der Waals surface area contributed by atoms with E-state index in [1.54, 1.807) is 35.5 Å². The third kappa shape index (κ3) is 5.88. The number of benzene rings is 1. The molecule has 7 nitrogen and oxygen atoms in total. The number of likely N-dealkylation sites (tertiary alicyclic amines) is 1. The van der Waals surface area contributed by atoms with Crippen LogP contribution in [0.4, 0.5) is 0 Å². The first-order chi connectivity index (χ1) is 16.4. The van der Waals surface area contributed by atoms with Crippen molar-refractivity contribution in [1.82, 2.24) is 20.5 Å². The average Bonchev–Trinajstić information content (AvgIpc) is 3.53. The van der Waals surface area contributed by atoms with E-state index in [9.17, 15) is 14.4 Å². The molecule has 2 fully saturated rings. The molecule has 2 heterocycles. The van der Waals surface area contributed by atoms with E-state index in [0.717, 1.165) is 37.7 Å². The summed E-state index contributed by atoms with van der Waals surface area (Å²) < 4.78 is 0. The molecule has 4 rings (SSSR count). The molecule has 1 saturated carbocycles. The van der Waals surface area contributed by atoms with E-state index in [4.69, 9.17) is 23.2 Å². The van der Waals surface area contributed by atoms with Gasteiger partial charge in [0, 0.05) is 37.0 Å². The fourth-order valence-corrected chi connectivity index (χ4v) is 5.00. The number of amides is 3. The molecule has 2 N–H and O–H groups in total. The van der Waals surface area contributed by atoms with Gasteiger partial charge in [0.2, 0.25) is 11.8 Å². The highest BCUT2D eigenvalue weighted by Crippen LogP contribution is 2.24. The summed E-state index contributed by atoms with van der Waals surface area (Å²) in [4.78, 5) is 45.4. The maximum atomic E-state index is 13.7. The quantitative estimate of drug-likeness (QED) is 0.602. The Morgan fingerprint density at radius 1 is 1.06 bits per heavy atom. The molecule has 3 amide bonds. The number of hydrogen-bond acceptors (Lipinski definition) is 4. The van der Waals surface area contributed by atoms with Crippen LogP contribution in [0.1, 0.15) is 54.4 Å². The van der Waals surface area contributed by atoms with Gasteiger partial charge in [-0.15, -0.1) is 0 Å². The van der Waals surface area contributed by atoms with Crippen molar-refractivity contribution in [3.05, 3.63) is 63.9 Å². The van der Waals surface area contributed by atoms with E-state index < -0.39 is 18.0 Å². The molecule has 9 heteroatoms. The number of carbonyl (C=O) groups is 3. The molecule has 2 atom stereocenters. The average molecular weight is 503 g/mol. The third-order valence-electron chi connectivity index (χ3n) is 6.49. The first-order valence-corrected chi connectivity index (χ1v) is 12.4. The summed E-state index contributed by atoms with van der Waals surface area (Å²) in [5.74, 6) is -0.818. The zero-order valence-corrected chi connectivity index (χ0v) is 20.3. The van der Waals surface area contributed by atoms with E-state index in [2.05, 4.69) is 15.6 Å². The minimum Gasteiger partial charge on any atom is -0.352 e. The Balaban J connectivity index is 1.52. The van der Waals surface area contributed by atoms with Crippen LogP contribution in [0.3, 0.4) is 0 Å². The Bertz CT molecular complexity index is 1040. The normalized spacial score (nSPS) is 19.1. The fraction of sp³-hybridized carbons (Fsp3) is 0.440. The Morgan fingerprint density at radius 2 is 1.85 bits per heavy atom. The van der Waals surface area contributed by atoms with Crippen LogP contribution in [0.25, 0.3) is 0 Å². The SMILES string of the molecule is O=C(N[C@@H](Cc1cccnc1)C(=O)N1CCC[C@H]1C(=O)NC1CCCC1)c1ccc(Cl)c(Cl)c1. The Morgan fingerprint density at radius 3 is 2.56 bits per heavy atom. The van der Waals surface area contributed by atoms with Gasteiger partial charge in [-0.2, -0.15) is 0 Å². The van der Waals surface area contributed by atoms with Gasteiger partial charge in [0.1, 0.15) is 12.1 Å². The van der Waals surface area contributed by atoms with Gasteiger partial charge < -0.3 is 15.5 Å². The molecule has 0 unspecified atom stereocenters. The molecule has 2 aliphatic rings. The molecule has 0 spiro atoms. The Labute approximate surface area is 209 Å². The van der Waals surface area contributed by atoms with E-state index in [0.29, 0.717) is 23.6 Å². The van der Waals surface area contributed by atoms with Crippen molar-refractivity contribution in [2.45, 2.75) is 63.1 Å². The molecular weight excluding hydrogens is 475 g/mol. The van der Waals surface area contributed by atoms with Crippen LogP contribution in [-0.4, -0.2) is 52.3 Å². The molecule has 1 aliphatic carbocycles. The van der Waals surface area contributed by atoms with Crippen LogP contribution in [0, 0.1) is 0 Å². The molecular formula is C25H28Cl2N4O3. The number of halogens is 2. The van der Waals surface area contributed by atoms with Gasteiger partial charge in [0.15, 0.2) is 0 Å². The second kappa shape index (κ2) is 11.2. The molecule has 1 saturated heterocycles. The molecule has 1 aromatic carbocycles. The van der Waals surface area contributed by atoms with Gasteiger partial charge in [-0.3, -0.25) is 19.4 Å². The highest BCUT2D eigenvalue weighted by atomic mass is 35.5. The Kier molecular flexibility index (Phi) is 8.06. The van der Waals surface area contributed by atoms with Crippen molar-refractivity contribution in [3.63, 3.8) is 0 Å². The number of aromatic nitrogens is 1. The predicted octanol–water partition coefficient (Wildman–Crippen LogP) is 3.78. The van der Waals surface area contributed by atoms with E-state index >= 15 is 0 Å². The van der Waals surface area contributed by atoms with Crippen LogP contribution in [0.15, 0.2) is 42.7 Å². The largest absolute Gasteiger partial charge is 0.352 e. The molecule has 2 aromatic rings. The first-order valence-electron chi connectivity index (χ1n) is 11.7. The standard InChI is InChI=1S/C25H28Cl2N4O3/c26-19-10-9-17(14-20(19)27)23(32)30-21(13-16-5-3-11-28-15-16)25(34)31-12-4-8-22(31)24(33)29-18-6-1-2-7-18/h3,5,9-11,14-15,18,21-22H,1-2,4,6-8,12-13H2,(H,29,33)(H,30,32)/t21-,22-/m0/s1. The summed E-state index contributed by atoms with van der Waals surface area (Å²) in [5.41, 5.74) is 1.11. The number of hydrogen-bond donors (Lipinski definition) is 2. The molecule has 0 bridgehead atoms. The predicted molar refractivity (Wildman–Crippen MR) is 131 cm³/mol. The van der Waals surface area contributed by atoms with E-state index in [-0.39, 0.29) is 29.3 Å². The third-order valence-corrected chi connectivity index (χ3v) is 7.23. The highest BCUT2D eigenvalue weighted by molar-refractivity contribution is 6.42. The minimum atomic E-state index is -0.856. The van der Waals surface area contributed by atoms with Crippen LogP contribution >= 0.6 is 23.2 Å². The van der Waals surface area contributed by atoms with Crippen LogP contribution in [0.2, 0.25) is 10.0 Å². The topological polar surface area (TPSA) is 91.4 Å². The van der Waals surface area contributed by atoms with Crippen molar-refractivity contribution in [2.75, 3.05) is 6.54 Å². The van der Waals surface area contributed by atoms with Gasteiger partial charge in [-0.1, -0.05) is 42.1 Å². The lowest BCUT2D eigenvalue weighted by Crippen LogP contribution is -2.55. The van der Waals surface area contributed by atoms with E-state index in [1.807, 2.05) is 6.07 Å². The number of carbonyl (C=O) groups excluding carboxylic acids is 3. The summed E-state index contributed by atoms with van der Waals surface area (Å²) in [6.07, 6.45) is 9.13. The summed E-state index contributed by atoms with van der Waals surface area (Å²) in [6.45, 7) is 0.480. The molecule has 1 aliphatic heterocycles.